The summed E-state index contributed by atoms with van der Waals surface area (Å²) in [6, 6.07) is 8.26. The Morgan fingerprint density at radius 3 is 2.00 bits per heavy atom. The van der Waals surface area contributed by atoms with Crippen LogP contribution in [0.1, 0.15) is 31.9 Å². The summed E-state index contributed by atoms with van der Waals surface area (Å²) < 4.78 is 14.2. The fourth-order valence-electron chi connectivity index (χ4n) is 2.80. The quantitative estimate of drug-likeness (QED) is 0.613. The summed E-state index contributed by atoms with van der Waals surface area (Å²) in [4.78, 5) is 27.0. The van der Waals surface area contributed by atoms with Gasteiger partial charge in [0, 0.05) is 38.8 Å². The fourth-order valence-corrected chi connectivity index (χ4v) is 3.54. The molecule has 156 valence electrons. The van der Waals surface area contributed by atoms with Gasteiger partial charge in [-0.1, -0.05) is 46.9 Å². The zero-order valence-electron chi connectivity index (χ0n) is 16.3. The van der Waals surface area contributed by atoms with Gasteiger partial charge in [-0.25, -0.2) is 4.39 Å². The van der Waals surface area contributed by atoms with Crippen molar-refractivity contribution in [3.8, 4) is 0 Å². The monoisotopic (exact) mass is 458 g/mol. The van der Waals surface area contributed by atoms with Gasteiger partial charge in [0.2, 0.25) is 11.8 Å². The Morgan fingerprint density at radius 1 is 0.966 bits per heavy atom. The minimum atomic E-state index is -0.831. The Bertz CT molecular complexity index is 865. The van der Waals surface area contributed by atoms with E-state index in [9.17, 15) is 14.0 Å². The molecule has 2 aromatic rings. The molecule has 1 N–H and O–H groups in total. The van der Waals surface area contributed by atoms with E-state index >= 15 is 0 Å². The summed E-state index contributed by atoms with van der Waals surface area (Å²) in [5.41, 5.74) is 0.582. The molecule has 0 saturated heterocycles. The van der Waals surface area contributed by atoms with Crippen LogP contribution in [0.3, 0.4) is 0 Å². The lowest BCUT2D eigenvalue weighted by Gasteiger charge is -2.30. The van der Waals surface area contributed by atoms with Gasteiger partial charge in [0.05, 0.1) is 6.42 Å². The van der Waals surface area contributed by atoms with Gasteiger partial charge in [0.15, 0.2) is 0 Å². The molecule has 0 radical (unpaired) electrons. The van der Waals surface area contributed by atoms with Crippen LogP contribution in [0.5, 0.6) is 0 Å². The fraction of sp³-hybridized carbons (Fsp3) is 0.333. The van der Waals surface area contributed by atoms with Crippen LogP contribution in [0.2, 0.25) is 15.1 Å². The third-order valence-corrected chi connectivity index (χ3v) is 5.44. The molecule has 2 amide bonds. The molecule has 0 saturated carbocycles. The van der Waals surface area contributed by atoms with Crippen LogP contribution >= 0.6 is 34.8 Å². The largest absolute Gasteiger partial charge is 0.352 e. The van der Waals surface area contributed by atoms with E-state index < -0.39 is 17.8 Å². The Balaban J connectivity index is 2.38. The number of carbonyl (C=O) groups is 2. The summed E-state index contributed by atoms with van der Waals surface area (Å²) in [5, 5.41) is 3.67. The Labute approximate surface area is 184 Å². The van der Waals surface area contributed by atoms with Crippen molar-refractivity contribution in [3.63, 3.8) is 0 Å². The Hall–Kier alpha value is -1.82. The molecule has 1 atom stereocenters. The number of nitrogens with zero attached hydrogens (tertiary/aromatic N) is 1. The van der Waals surface area contributed by atoms with Gasteiger partial charge in [0.1, 0.15) is 11.9 Å². The molecule has 0 aromatic heterocycles. The van der Waals surface area contributed by atoms with Gasteiger partial charge in [0.25, 0.3) is 0 Å². The Kier molecular flexibility index (Phi) is 8.32. The molecule has 0 bridgehead atoms. The van der Waals surface area contributed by atoms with Crippen molar-refractivity contribution in [2.24, 2.45) is 0 Å². The molecular weight excluding hydrogens is 438 g/mol. The van der Waals surface area contributed by atoms with Gasteiger partial charge < -0.3 is 10.2 Å². The van der Waals surface area contributed by atoms with Crippen LogP contribution in [0.4, 0.5) is 4.39 Å². The predicted molar refractivity (Wildman–Crippen MR) is 115 cm³/mol. The molecule has 0 heterocycles. The first kappa shape index (κ1) is 23.5. The molecule has 2 aromatic carbocycles. The lowest BCUT2D eigenvalue weighted by atomic mass is 10.1. The average Bonchev–Trinajstić information content (AvgIpc) is 2.63. The van der Waals surface area contributed by atoms with E-state index in [1.807, 2.05) is 13.8 Å². The van der Waals surface area contributed by atoms with E-state index in [1.54, 1.807) is 25.1 Å². The number of carbonyl (C=O) groups excluding carboxylic acids is 2. The van der Waals surface area contributed by atoms with E-state index in [2.05, 4.69) is 5.32 Å². The van der Waals surface area contributed by atoms with E-state index in [-0.39, 0.29) is 35.5 Å². The van der Waals surface area contributed by atoms with Crippen LogP contribution in [0.25, 0.3) is 0 Å². The zero-order valence-corrected chi connectivity index (χ0v) is 18.6. The SMILES string of the molecule is CC(C)NC(=O)[C@H](C)N(Cc1c(Cl)cccc1Cl)C(=O)Cc1c(F)cccc1Cl. The van der Waals surface area contributed by atoms with Crippen LogP contribution in [-0.4, -0.2) is 28.8 Å². The second kappa shape index (κ2) is 10.3. The van der Waals surface area contributed by atoms with Crippen molar-refractivity contribution in [2.45, 2.75) is 45.8 Å². The molecule has 0 spiro atoms. The second-order valence-electron chi connectivity index (χ2n) is 6.94. The van der Waals surface area contributed by atoms with E-state index in [0.717, 1.165) is 0 Å². The number of nitrogens with one attached hydrogen (secondary N) is 1. The highest BCUT2D eigenvalue weighted by Gasteiger charge is 2.28. The summed E-state index contributed by atoms with van der Waals surface area (Å²) in [6.45, 7) is 5.24. The van der Waals surface area contributed by atoms with Crippen molar-refractivity contribution in [1.29, 1.82) is 0 Å². The first-order valence-corrected chi connectivity index (χ1v) is 10.2. The topological polar surface area (TPSA) is 49.4 Å². The maximum absolute atomic E-state index is 14.2. The zero-order chi connectivity index (χ0) is 21.7. The first-order chi connectivity index (χ1) is 13.6. The van der Waals surface area contributed by atoms with Crippen LogP contribution in [0, 0.1) is 5.82 Å². The van der Waals surface area contributed by atoms with E-state index in [4.69, 9.17) is 34.8 Å². The molecular formula is C21H22Cl3FN2O2. The first-order valence-electron chi connectivity index (χ1n) is 9.07. The van der Waals surface area contributed by atoms with Crippen molar-refractivity contribution in [1.82, 2.24) is 10.2 Å². The van der Waals surface area contributed by atoms with Gasteiger partial charge in [-0.2, -0.15) is 0 Å². The van der Waals surface area contributed by atoms with Crippen molar-refractivity contribution < 1.29 is 14.0 Å². The molecule has 2 rings (SSSR count). The summed E-state index contributed by atoms with van der Waals surface area (Å²) >= 11 is 18.6. The summed E-state index contributed by atoms with van der Waals surface area (Å²) in [5.74, 6) is -1.39. The standard InChI is InChI=1S/C21H22Cl3FN2O2/c1-12(2)26-21(29)13(3)27(11-15-17(23)6-4-7-18(15)24)20(28)10-14-16(22)8-5-9-19(14)25/h4-9,12-13H,10-11H2,1-3H3,(H,26,29)/t13-/m0/s1. The third kappa shape index (κ3) is 6.08. The number of hydrogen-bond acceptors (Lipinski definition) is 2. The van der Waals surface area contributed by atoms with Crippen molar-refractivity contribution in [2.75, 3.05) is 0 Å². The molecule has 29 heavy (non-hydrogen) atoms. The maximum Gasteiger partial charge on any atom is 0.242 e. The highest BCUT2D eigenvalue weighted by molar-refractivity contribution is 6.36. The van der Waals surface area contributed by atoms with Gasteiger partial charge in [-0.15, -0.1) is 0 Å². The van der Waals surface area contributed by atoms with E-state index in [1.165, 1.54) is 23.1 Å². The molecule has 8 heteroatoms. The molecule has 0 fully saturated rings. The second-order valence-corrected chi connectivity index (χ2v) is 8.16. The number of halogens is 4. The minimum Gasteiger partial charge on any atom is -0.352 e. The average molecular weight is 460 g/mol. The summed E-state index contributed by atoms with van der Waals surface area (Å²) in [7, 11) is 0. The number of amides is 2. The third-order valence-electron chi connectivity index (χ3n) is 4.38. The van der Waals surface area contributed by atoms with Crippen LogP contribution < -0.4 is 5.32 Å². The van der Waals surface area contributed by atoms with Crippen LogP contribution in [-0.2, 0) is 22.6 Å². The Morgan fingerprint density at radius 2 is 1.48 bits per heavy atom. The van der Waals surface area contributed by atoms with Crippen molar-refractivity contribution in [3.05, 3.63) is 68.4 Å². The number of benzene rings is 2. The lowest BCUT2D eigenvalue weighted by molar-refractivity contribution is -0.140. The number of hydrogen-bond donors (Lipinski definition) is 1. The normalized spacial score (nSPS) is 12.0. The maximum atomic E-state index is 14.2. The van der Waals surface area contributed by atoms with E-state index in [0.29, 0.717) is 15.6 Å². The molecule has 0 unspecified atom stereocenters. The predicted octanol–water partition coefficient (Wildman–Crippen LogP) is 5.27. The smallest absolute Gasteiger partial charge is 0.242 e. The summed E-state index contributed by atoms with van der Waals surface area (Å²) in [6.07, 6.45) is -0.299. The van der Waals surface area contributed by atoms with Crippen molar-refractivity contribution >= 4 is 46.6 Å². The minimum absolute atomic E-state index is 0.00388. The van der Waals surface area contributed by atoms with Gasteiger partial charge in [-0.3, -0.25) is 9.59 Å². The molecule has 0 aliphatic rings. The highest BCUT2D eigenvalue weighted by Crippen LogP contribution is 2.27. The number of rotatable bonds is 7. The molecule has 0 aliphatic carbocycles. The van der Waals surface area contributed by atoms with Crippen LogP contribution in [0.15, 0.2) is 36.4 Å². The molecule has 4 nitrogen and oxygen atoms in total. The lowest BCUT2D eigenvalue weighted by Crippen LogP contribution is -2.49. The van der Waals surface area contributed by atoms with Gasteiger partial charge >= 0.3 is 0 Å². The van der Waals surface area contributed by atoms with Gasteiger partial charge in [-0.05, 0) is 45.0 Å². The molecule has 0 aliphatic heterocycles. The highest BCUT2D eigenvalue weighted by atomic mass is 35.5.